The largest absolute Gasteiger partial charge is 0.325 e. The lowest BCUT2D eigenvalue weighted by molar-refractivity contribution is -0.117. The van der Waals surface area contributed by atoms with Gasteiger partial charge in [-0.15, -0.1) is 11.3 Å². The fraction of sp³-hybridized carbons (Fsp3) is 0.143. The summed E-state index contributed by atoms with van der Waals surface area (Å²) in [5.41, 5.74) is 1.69. The Kier molecular flexibility index (Phi) is 7.19. The standard InChI is InChI=1S/C21H19BrN2O4S2/c1-14(25)16-8-5-9-17(13-16)23-21(26)18(12-15-6-3-2-4-7-15)24-30(27,28)20-11-10-19(22)29-20/h2-11,13,18,24H,12H2,1H3,(H,23,26)/t18-/m0/s1. The Bertz CT molecular complexity index is 1160. The Morgan fingerprint density at radius 2 is 1.77 bits per heavy atom. The molecule has 0 fully saturated rings. The Hall–Kier alpha value is -2.33. The number of nitrogens with one attached hydrogen (secondary N) is 2. The van der Waals surface area contributed by atoms with E-state index < -0.39 is 22.0 Å². The van der Waals surface area contributed by atoms with Gasteiger partial charge in [0.15, 0.2) is 5.78 Å². The van der Waals surface area contributed by atoms with Gasteiger partial charge in [0.05, 0.1) is 3.79 Å². The minimum atomic E-state index is -3.89. The number of Topliss-reactive ketones (excluding diaryl/α,β-unsaturated/α-hetero) is 1. The molecule has 156 valence electrons. The maximum absolute atomic E-state index is 13.0. The first-order valence-corrected chi connectivity index (χ1v) is 12.1. The van der Waals surface area contributed by atoms with Crippen LogP contribution in [0.1, 0.15) is 22.8 Å². The lowest BCUT2D eigenvalue weighted by Gasteiger charge is -2.18. The summed E-state index contributed by atoms with van der Waals surface area (Å²) in [5.74, 6) is -0.644. The molecule has 0 saturated heterocycles. The molecule has 0 unspecified atom stereocenters. The van der Waals surface area contributed by atoms with Gasteiger partial charge in [0.2, 0.25) is 5.91 Å². The van der Waals surface area contributed by atoms with Gasteiger partial charge in [-0.25, -0.2) is 8.42 Å². The SMILES string of the molecule is CC(=O)c1cccc(NC(=O)[C@H](Cc2ccccc2)NS(=O)(=O)c2ccc(Br)s2)c1. The molecular weight excluding hydrogens is 488 g/mol. The van der Waals surface area contributed by atoms with Gasteiger partial charge >= 0.3 is 0 Å². The zero-order chi connectivity index (χ0) is 21.7. The number of thiophene rings is 1. The Balaban J connectivity index is 1.86. The summed E-state index contributed by atoms with van der Waals surface area (Å²) in [4.78, 5) is 24.6. The topological polar surface area (TPSA) is 92.3 Å². The van der Waals surface area contributed by atoms with Crippen LogP contribution in [0.5, 0.6) is 0 Å². The normalized spacial score (nSPS) is 12.3. The molecule has 1 amide bonds. The van der Waals surface area contributed by atoms with Crippen LogP contribution in [0.15, 0.2) is 74.7 Å². The molecule has 0 aliphatic heterocycles. The smallest absolute Gasteiger partial charge is 0.250 e. The van der Waals surface area contributed by atoms with Crippen molar-refractivity contribution in [3.05, 3.63) is 81.6 Å². The highest BCUT2D eigenvalue weighted by molar-refractivity contribution is 9.11. The third-order valence-corrected chi connectivity index (χ3v) is 7.83. The first kappa shape index (κ1) is 22.4. The fourth-order valence-electron chi connectivity index (χ4n) is 2.77. The van der Waals surface area contributed by atoms with Crippen molar-refractivity contribution < 1.29 is 18.0 Å². The first-order chi connectivity index (χ1) is 14.2. The van der Waals surface area contributed by atoms with Crippen molar-refractivity contribution in [1.29, 1.82) is 0 Å². The van der Waals surface area contributed by atoms with E-state index in [4.69, 9.17) is 0 Å². The molecule has 9 heteroatoms. The lowest BCUT2D eigenvalue weighted by Crippen LogP contribution is -2.45. The molecule has 0 aliphatic carbocycles. The van der Waals surface area contributed by atoms with Crippen LogP contribution in [0.2, 0.25) is 0 Å². The summed E-state index contributed by atoms with van der Waals surface area (Å²) in [5, 5.41) is 2.71. The van der Waals surface area contributed by atoms with Crippen molar-refractivity contribution in [2.24, 2.45) is 0 Å². The number of rotatable bonds is 8. The number of anilines is 1. The number of benzene rings is 2. The molecule has 1 heterocycles. The van der Waals surface area contributed by atoms with Gasteiger partial charge in [-0.3, -0.25) is 9.59 Å². The monoisotopic (exact) mass is 506 g/mol. The average Bonchev–Trinajstić information content (AvgIpc) is 3.16. The van der Waals surface area contributed by atoms with Crippen molar-refractivity contribution in [2.75, 3.05) is 5.32 Å². The van der Waals surface area contributed by atoms with Gasteiger partial charge in [-0.1, -0.05) is 42.5 Å². The summed E-state index contributed by atoms with van der Waals surface area (Å²) in [6, 6.07) is 17.7. The van der Waals surface area contributed by atoms with E-state index in [0.29, 0.717) is 15.0 Å². The number of hydrogen-bond acceptors (Lipinski definition) is 5. The quantitative estimate of drug-likeness (QED) is 0.446. The van der Waals surface area contributed by atoms with Crippen molar-refractivity contribution in [3.63, 3.8) is 0 Å². The van der Waals surface area contributed by atoms with E-state index in [1.807, 2.05) is 30.3 Å². The molecule has 1 aromatic heterocycles. The van der Waals surface area contributed by atoms with Crippen molar-refractivity contribution >= 4 is 54.7 Å². The second-order valence-corrected chi connectivity index (χ2v) is 11.0. The van der Waals surface area contributed by atoms with Crippen LogP contribution in [0, 0.1) is 0 Å². The summed E-state index contributed by atoms with van der Waals surface area (Å²) >= 11 is 4.32. The first-order valence-electron chi connectivity index (χ1n) is 8.98. The van der Waals surface area contributed by atoms with Gasteiger partial charge in [-0.05, 0) is 59.1 Å². The van der Waals surface area contributed by atoms with E-state index in [2.05, 4.69) is 26.0 Å². The van der Waals surface area contributed by atoms with Crippen molar-refractivity contribution in [2.45, 2.75) is 23.6 Å². The molecule has 0 bridgehead atoms. The number of ketones is 1. The Morgan fingerprint density at radius 3 is 2.40 bits per heavy atom. The second-order valence-electron chi connectivity index (χ2n) is 6.55. The van der Waals surface area contributed by atoms with Crippen molar-refractivity contribution in [3.8, 4) is 0 Å². The molecule has 2 N–H and O–H groups in total. The number of amides is 1. The second kappa shape index (κ2) is 9.65. The molecule has 6 nitrogen and oxygen atoms in total. The van der Waals surface area contributed by atoms with Crippen LogP contribution in [-0.4, -0.2) is 26.2 Å². The predicted octanol–water partition coefficient (Wildman–Crippen LogP) is 4.24. The molecule has 0 saturated carbocycles. The van der Waals surface area contributed by atoms with Gasteiger partial charge in [0, 0.05) is 11.3 Å². The van der Waals surface area contributed by atoms with E-state index in [0.717, 1.165) is 16.9 Å². The van der Waals surface area contributed by atoms with Gasteiger partial charge in [-0.2, -0.15) is 4.72 Å². The van der Waals surface area contributed by atoms with Crippen LogP contribution >= 0.6 is 27.3 Å². The fourth-order valence-corrected chi connectivity index (χ4v) is 5.99. The number of carbonyl (C=O) groups is 2. The minimum Gasteiger partial charge on any atom is -0.325 e. The predicted molar refractivity (Wildman–Crippen MR) is 121 cm³/mol. The van der Waals surface area contributed by atoms with E-state index in [-0.39, 0.29) is 16.4 Å². The van der Waals surface area contributed by atoms with Crippen LogP contribution in [0.4, 0.5) is 5.69 Å². The van der Waals surface area contributed by atoms with Crippen LogP contribution in [-0.2, 0) is 21.2 Å². The van der Waals surface area contributed by atoms with E-state index >= 15 is 0 Å². The summed E-state index contributed by atoms with van der Waals surface area (Å²) in [6.07, 6.45) is 0.171. The molecule has 0 radical (unpaired) electrons. The maximum Gasteiger partial charge on any atom is 0.250 e. The van der Waals surface area contributed by atoms with Crippen LogP contribution in [0.3, 0.4) is 0 Å². The van der Waals surface area contributed by atoms with Gasteiger partial charge in [0.1, 0.15) is 10.3 Å². The van der Waals surface area contributed by atoms with Gasteiger partial charge < -0.3 is 5.32 Å². The summed E-state index contributed by atoms with van der Waals surface area (Å²) in [7, 11) is -3.89. The highest BCUT2D eigenvalue weighted by Gasteiger charge is 2.27. The summed E-state index contributed by atoms with van der Waals surface area (Å²) in [6.45, 7) is 1.44. The highest BCUT2D eigenvalue weighted by Crippen LogP contribution is 2.26. The van der Waals surface area contributed by atoms with Crippen LogP contribution < -0.4 is 10.0 Å². The average molecular weight is 507 g/mol. The third-order valence-electron chi connectivity index (χ3n) is 4.25. The third kappa shape index (κ3) is 5.85. The number of halogens is 1. The van der Waals surface area contributed by atoms with Crippen LogP contribution in [0.25, 0.3) is 0 Å². The molecule has 0 spiro atoms. The van der Waals surface area contributed by atoms with E-state index in [9.17, 15) is 18.0 Å². The molecule has 3 rings (SSSR count). The molecule has 30 heavy (non-hydrogen) atoms. The molecule has 3 aromatic rings. The van der Waals surface area contributed by atoms with Gasteiger partial charge in [0.25, 0.3) is 10.0 Å². The van der Waals surface area contributed by atoms with Crippen molar-refractivity contribution in [1.82, 2.24) is 4.72 Å². The number of hydrogen-bond donors (Lipinski definition) is 2. The maximum atomic E-state index is 13.0. The lowest BCUT2D eigenvalue weighted by atomic mass is 10.1. The Labute approximate surface area is 187 Å². The number of sulfonamides is 1. The zero-order valence-electron chi connectivity index (χ0n) is 16.0. The molecule has 1 atom stereocenters. The molecule has 2 aromatic carbocycles. The molecule has 0 aliphatic rings. The Morgan fingerprint density at radius 1 is 1.03 bits per heavy atom. The van der Waals surface area contributed by atoms with E-state index in [1.54, 1.807) is 30.3 Å². The minimum absolute atomic E-state index is 0.110. The highest BCUT2D eigenvalue weighted by atomic mass is 79.9. The zero-order valence-corrected chi connectivity index (χ0v) is 19.2. The number of carbonyl (C=O) groups excluding carboxylic acids is 2. The summed E-state index contributed by atoms with van der Waals surface area (Å²) < 4.78 is 28.9. The van der Waals surface area contributed by atoms with E-state index in [1.165, 1.54) is 13.0 Å². The molecular formula is C21H19BrN2O4S2.